The number of aliphatic hydroxyl groups is 2. The van der Waals surface area contributed by atoms with Crippen LogP contribution in [-0.2, 0) is 4.74 Å². The Morgan fingerprint density at radius 1 is 1.21 bits per heavy atom. The topological polar surface area (TPSA) is 52.9 Å². The van der Waals surface area contributed by atoms with Crippen molar-refractivity contribution in [3.8, 4) is 0 Å². The molecule has 0 aromatic heterocycles. The van der Waals surface area contributed by atoms with Gasteiger partial charge in [-0.15, -0.1) is 0 Å². The molecular weight excluding hydrogens is 362 g/mol. The van der Waals surface area contributed by atoms with Crippen molar-refractivity contribution in [2.24, 2.45) is 23.7 Å². The molecule has 0 bridgehead atoms. The van der Waals surface area contributed by atoms with Gasteiger partial charge in [0.25, 0.3) is 0 Å². The summed E-state index contributed by atoms with van der Waals surface area (Å²) in [6.45, 7) is 9.05. The number of hydrogen-bond donors (Lipinski definition) is 2. The molecular formula is C25H43NO3. The minimum atomic E-state index is -0.334. The van der Waals surface area contributed by atoms with E-state index in [-0.39, 0.29) is 23.7 Å². The summed E-state index contributed by atoms with van der Waals surface area (Å²) < 4.78 is 5.85. The van der Waals surface area contributed by atoms with Crippen LogP contribution in [0.5, 0.6) is 0 Å². The van der Waals surface area contributed by atoms with Crippen molar-refractivity contribution in [3.63, 3.8) is 0 Å². The van der Waals surface area contributed by atoms with E-state index in [1.54, 1.807) is 0 Å². The van der Waals surface area contributed by atoms with E-state index in [4.69, 9.17) is 4.74 Å². The van der Waals surface area contributed by atoms with Crippen molar-refractivity contribution in [2.75, 3.05) is 26.8 Å². The Balaban J connectivity index is 1.44. The van der Waals surface area contributed by atoms with E-state index in [0.29, 0.717) is 24.4 Å². The fraction of sp³-hybridized carbons (Fsp3) is 0.840. The first-order valence-electron chi connectivity index (χ1n) is 11.8. The molecule has 4 nitrogen and oxygen atoms in total. The Hall–Kier alpha value is -0.680. The Bertz CT molecular complexity index is 573. The highest BCUT2D eigenvalue weighted by Gasteiger charge is 2.45. The second kappa shape index (κ2) is 10.1. The maximum atomic E-state index is 10.5. The van der Waals surface area contributed by atoms with Crippen LogP contribution in [0.25, 0.3) is 0 Å². The summed E-state index contributed by atoms with van der Waals surface area (Å²) in [5.74, 6) is 1.73. The maximum absolute atomic E-state index is 10.5. The van der Waals surface area contributed by atoms with E-state index in [1.807, 2.05) is 6.08 Å². The largest absolute Gasteiger partial charge is 0.392 e. The lowest BCUT2D eigenvalue weighted by atomic mass is 9.89. The highest BCUT2D eigenvalue weighted by atomic mass is 16.5. The summed E-state index contributed by atoms with van der Waals surface area (Å²) in [7, 11) is 2.14. The summed E-state index contributed by atoms with van der Waals surface area (Å²) in [6, 6.07) is 0. The second-order valence-electron chi connectivity index (χ2n) is 10.7. The van der Waals surface area contributed by atoms with E-state index < -0.39 is 0 Å². The number of ether oxygens (including phenoxy) is 1. The molecule has 0 spiro atoms. The Morgan fingerprint density at radius 3 is 2.62 bits per heavy atom. The second-order valence-corrected chi connectivity index (χ2v) is 10.7. The predicted octanol–water partition coefficient (Wildman–Crippen LogP) is 4.17. The minimum absolute atomic E-state index is 0.180. The van der Waals surface area contributed by atoms with Crippen molar-refractivity contribution in [3.05, 3.63) is 23.8 Å². The molecule has 0 aromatic rings. The summed E-state index contributed by atoms with van der Waals surface area (Å²) in [6.07, 6.45) is 13.7. The SMILES string of the molecule is CN(CCOCC=C1C[C@H]2C[C@@H](O)[C@H](C=C[C@@H](O)C3CCCC3)[C@H]2C1)C(C)(C)C. The van der Waals surface area contributed by atoms with Crippen LogP contribution in [0.4, 0.5) is 0 Å². The van der Waals surface area contributed by atoms with Crippen molar-refractivity contribution >= 4 is 0 Å². The van der Waals surface area contributed by atoms with Crippen LogP contribution in [0, 0.1) is 23.7 Å². The molecule has 0 amide bonds. The highest BCUT2D eigenvalue weighted by Crippen LogP contribution is 2.50. The number of rotatable bonds is 8. The van der Waals surface area contributed by atoms with Gasteiger partial charge in [-0.2, -0.15) is 0 Å². The quantitative estimate of drug-likeness (QED) is 0.470. The molecule has 3 saturated carbocycles. The number of nitrogens with zero attached hydrogens (tertiary/aromatic N) is 1. The molecule has 0 saturated heterocycles. The number of likely N-dealkylation sites (N-methyl/N-ethyl adjacent to an activating group) is 1. The van der Waals surface area contributed by atoms with Gasteiger partial charge in [-0.1, -0.05) is 36.6 Å². The molecule has 0 aliphatic heterocycles. The van der Waals surface area contributed by atoms with Crippen LogP contribution in [0.1, 0.15) is 65.7 Å². The molecule has 166 valence electrons. The molecule has 0 heterocycles. The van der Waals surface area contributed by atoms with E-state index >= 15 is 0 Å². The third-order valence-corrected chi connectivity index (χ3v) is 7.73. The molecule has 0 unspecified atom stereocenters. The standard InChI is InChI=1S/C25H43NO3/c1-25(2,3)26(4)12-14-29-13-11-18-15-20-17-24(28)21(22(20)16-18)9-10-23(27)19-7-5-6-8-19/h9-11,19-24,27-28H,5-8,12-17H2,1-4H3/t20-,21+,22-,23+,24+/m0/s1. The van der Waals surface area contributed by atoms with Crippen LogP contribution in [0.3, 0.4) is 0 Å². The average Bonchev–Trinajstić information content (AvgIpc) is 3.35. The van der Waals surface area contributed by atoms with Gasteiger partial charge in [-0.05, 0) is 77.7 Å². The molecule has 29 heavy (non-hydrogen) atoms. The monoisotopic (exact) mass is 405 g/mol. The van der Waals surface area contributed by atoms with E-state index in [2.05, 4.69) is 44.9 Å². The Kier molecular flexibility index (Phi) is 8.00. The number of hydrogen-bond acceptors (Lipinski definition) is 4. The van der Waals surface area contributed by atoms with Crippen LogP contribution < -0.4 is 0 Å². The van der Waals surface area contributed by atoms with Gasteiger partial charge in [0.2, 0.25) is 0 Å². The summed E-state index contributed by atoms with van der Waals surface area (Å²) in [5.41, 5.74) is 1.67. The molecule has 3 rings (SSSR count). The molecule has 3 aliphatic carbocycles. The van der Waals surface area contributed by atoms with Gasteiger partial charge < -0.3 is 14.9 Å². The first-order valence-corrected chi connectivity index (χ1v) is 11.8. The molecule has 2 N–H and O–H groups in total. The summed E-state index contributed by atoms with van der Waals surface area (Å²) in [4.78, 5) is 2.32. The van der Waals surface area contributed by atoms with Crippen molar-refractivity contribution < 1.29 is 14.9 Å². The maximum Gasteiger partial charge on any atom is 0.0749 e. The molecule has 3 aliphatic rings. The van der Waals surface area contributed by atoms with Gasteiger partial charge in [0.15, 0.2) is 0 Å². The van der Waals surface area contributed by atoms with Crippen molar-refractivity contribution in [2.45, 2.75) is 83.5 Å². The number of fused-ring (bicyclic) bond motifs is 1. The third-order valence-electron chi connectivity index (χ3n) is 7.73. The molecule has 3 fully saturated rings. The molecule has 0 aromatic carbocycles. The smallest absolute Gasteiger partial charge is 0.0749 e. The lowest BCUT2D eigenvalue weighted by molar-refractivity contribution is 0.0946. The fourth-order valence-corrected chi connectivity index (χ4v) is 5.43. The van der Waals surface area contributed by atoms with Gasteiger partial charge in [-0.3, -0.25) is 4.90 Å². The lowest BCUT2D eigenvalue weighted by Crippen LogP contribution is -2.40. The van der Waals surface area contributed by atoms with Gasteiger partial charge in [0.05, 0.1) is 25.4 Å². The Morgan fingerprint density at radius 2 is 1.93 bits per heavy atom. The van der Waals surface area contributed by atoms with Crippen LogP contribution in [-0.4, -0.2) is 59.7 Å². The normalized spacial score (nSPS) is 33.4. The minimum Gasteiger partial charge on any atom is -0.392 e. The molecule has 5 atom stereocenters. The zero-order chi connectivity index (χ0) is 21.0. The summed E-state index contributed by atoms with van der Waals surface area (Å²) >= 11 is 0. The third kappa shape index (κ3) is 6.16. The molecule has 0 radical (unpaired) electrons. The van der Waals surface area contributed by atoms with Gasteiger partial charge >= 0.3 is 0 Å². The van der Waals surface area contributed by atoms with Crippen molar-refractivity contribution in [1.82, 2.24) is 4.90 Å². The number of allylic oxidation sites excluding steroid dienone is 1. The van der Waals surface area contributed by atoms with Crippen LogP contribution >= 0.6 is 0 Å². The zero-order valence-corrected chi connectivity index (χ0v) is 19.0. The van der Waals surface area contributed by atoms with E-state index in [1.165, 1.54) is 18.4 Å². The van der Waals surface area contributed by atoms with E-state index in [9.17, 15) is 10.2 Å². The molecule has 4 heteroatoms. The van der Waals surface area contributed by atoms with Gasteiger partial charge in [-0.25, -0.2) is 0 Å². The highest BCUT2D eigenvalue weighted by molar-refractivity contribution is 5.18. The zero-order valence-electron chi connectivity index (χ0n) is 19.0. The first kappa shape index (κ1) is 23.0. The van der Waals surface area contributed by atoms with Crippen LogP contribution in [0.15, 0.2) is 23.8 Å². The van der Waals surface area contributed by atoms with Gasteiger partial charge in [0, 0.05) is 18.0 Å². The summed E-state index contributed by atoms with van der Waals surface area (Å²) in [5, 5.41) is 21.0. The fourth-order valence-electron chi connectivity index (χ4n) is 5.43. The Labute approximate surface area is 178 Å². The van der Waals surface area contributed by atoms with Gasteiger partial charge in [0.1, 0.15) is 0 Å². The first-order chi connectivity index (χ1) is 13.8. The van der Waals surface area contributed by atoms with E-state index in [0.717, 1.165) is 45.3 Å². The van der Waals surface area contributed by atoms with Crippen LogP contribution in [0.2, 0.25) is 0 Å². The average molecular weight is 406 g/mol. The lowest BCUT2D eigenvalue weighted by Gasteiger charge is -2.31. The van der Waals surface area contributed by atoms with Crippen molar-refractivity contribution in [1.29, 1.82) is 0 Å². The predicted molar refractivity (Wildman–Crippen MR) is 119 cm³/mol. The number of aliphatic hydroxyl groups excluding tert-OH is 2.